The van der Waals surface area contributed by atoms with E-state index in [1.807, 2.05) is 0 Å². The zero-order valence-electron chi connectivity index (χ0n) is 9.55. The lowest BCUT2D eigenvalue weighted by Crippen LogP contribution is -2.54. The summed E-state index contributed by atoms with van der Waals surface area (Å²) in [5, 5.41) is 13.3. The lowest BCUT2D eigenvalue weighted by Gasteiger charge is -2.36. The van der Waals surface area contributed by atoms with Gasteiger partial charge in [0.05, 0.1) is 12.7 Å². The Morgan fingerprint density at radius 3 is 2.57 bits per heavy atom. The lowest BCUT2D eigenvalue weighted by atomic mass is 9.90. The van der Waals surface area contributed by atoms with Crippen molar-refractivity contribution in [3.05, 3.63) is 0 Å². The van der Waals surface area contributed by atoms with Crippen molar-refractivity contribution < 1.29 is 9.84 Å². The average Bonchev–Trinajstić information content (AvgIpc) is 2.08. The molecule has 1 rings (SSSR count). The lowest BCUT2D eigenvalue weighted by molar-refractivity contribution is 0.0544. The van der Waals surface area contributed by atoms with Gasteiger partial charge in [0.2, 0.25) is 0 Å². The van der Waals surface area contributed by atoms with Gasteiger partial charge in [0.15, 0.2) is 0 Å². The van der Waals surface area contributed by atoms with E-state index in [1.54, 1.807) is 7.11 Å². The fraction of sp³-hybridized carbons (Fsp3) is 1.00. The van der Waals surface area contributed by atoms with E-state index in [1.165, 1.54) is 6.42 Å². The van der Waals surface area contributed by atoms with Gasteiger partial charge in [-0.3, -0.25) is 0 Å². The molecular formula is C11H23NO2. The monoisotopic (exact) mass is 201 g/mol. The minimum atomic E-state index is -0.181. The average molecular weight is 201 g/mol. The summed E-state index contributed by atoms with van der Waals surface area (Å²) in [6, 6.07) is 0.244. The summed E-state index contributed by atoms with van der Waals surface area (Å²) in [4.78, 5) is 0. The predicted octanol–water partition coefficient (Wildman–Crippen LogP) is 1.30. The third-order valence-electron chi connectivity index (χ3n) is 2.81. The predicted molar refractivity (Wildman–Crippen MR) is 57.4 cm³/mol. The highest BCUT2D eigenvalue weighted by Crippen LogP contribution is 2.20. The van der Waals surface area contributed by atoms with Gasteiger partial charge < -0.3 is 15.2 Å². The van der Waals surface area contributed by atoms with Gasteiger partial charge in [-0.2, -0.15) is 0 Å². The van der Waals surface area contributed by atoms with E-state index in [2.05, 4.69) is 19.2 Å². The van der Waals surface area contributed by atoms with Crippen LogP contribution in [-0.2, 0) is 4.74 Å². The molecule has 0 heterocycles. The molecule has 0 aliphatic heterocycles. The number of rotatable bonds is 4. The third-order valence-corrected chi connectivity index (χ3v) is 2.81. The van der Waals surface area contributed by atoms with Crippen LogP contribution in [0.2, 0.25) is 0 Å². The van der Waals surface area contributed by atoms with E-state index >= 15 is 0 Å². The molecule has 2 N–H and O–H groups in total. The molecule has 0 aromatic rings. The molecule has 14 heavy (non-hydrogen) atoms. The van der Waals surface area contributed by atoms with Crippen molar-refractivity contribution >= 4 is 0 Å². The molecular weight excluding hydrogens is 178 g/mol. The highest BCUT2D eigenvalue weighted by molar-refractivity contribution is 4.88. The van der Waals surface area contributed by atoms with Gasteiger partial charge in [-0.15, -0.1) is 0 Å². The van der Waals surface area contributed by atoms with Crippen molar-refractivity contribution in [2.24, 2.45) is 0 Å². The Morgan fingerprint density at radius 2 is 2.00 bits per heavy atom. The standard InChI is InChI=1S/C11H23NO2/c1-11(2,8-14-3)12-9-6-4-5-7-10(9)13/h9-10,12-13H,4-8H2,1-3H3/t9-,10-/m0/s1. The van der Waals surface area contributed by atoms with Crippen LogP contribution >= 0.6 is 0 Å². The molecule has 0 amide bonds. The van der Waals surface area contributed by atoms with Crippen molar-refractivity contribution in [1.29, 1.82) is 0 Å². The van der Waals surface area contributed by atoms with Crippen LogP contribution in [0.5, 0.6) is 0 Å². The first-order valence-corrected chi connectivity index (χ1v) is 5.50. The quantitative estimate of drug-likeness (QED) is 0.720. The minimum absolute atomic E-state index is 0.0439. The summed E-state index contributed by atoms with van der Waals surface area (Å²) in [6.45, 7) is 4.89. The van der Waals surface area contributed by atoms with Gasteiger partial charge in [-0.05, 0) is 26.7 Å². The van der Waals surface area contributed by atoms with Crippen molar-refractivity contribution in [1.82, 2.24) is 5.32 Å². The molecule has 0 spiro atoms. The van der Waals surface area contributed by atoms with E-state index in [9.17, 15) is 5.11 Å². The number of aliphatic hydroxyl groups excluding tert-OH is 1. The fourth-order valence-electron chi connectivity index (χ4n) is 2.18. The maximum absolute atomic E-state index is 9.80. The Morgan fingerprint density at radius 1 is 1.36 bits per heavy atom. The van der Waals surface area contributed by atoms with E-state index in [-0.39, 0.29) is 17.7 Å². The van der Waals surface area contributed by atoms with Gasteiger partial charge in [-0.25, -0.2) is 0 Å². The van der Waals surface area contributed by atoms with Crippen molar-refractivity contribution in [3.63, 3.8) is 0 Å². The molecule has 0 aromatic heterocycles. The Labute approximate surface area is 86.8 Å². The molecule has 3 nitrogen and oxygen atoms in total. The smallest absolute Gasteiger partial charge is 0.0693 e. The first-order valence-electron chi connectivity index (χ1n) is 5.50. The molecule has 1 aliphatic rings. The van der Waals surface area contributed by atoms with Crippen LogP contribution in [0.25, 0.3) is 0 Å². The first-order chi connectivity index (χ1) is 6.55. The molecule has 0 radical (unpaired) electrons. The van der Waals surface area contributed by atoms with Gasteiger partial charge >= 0.3 is 0 Å². The maximum atomic E-state index is 9.80. The molecule has 1 fully saturated rings. The van der Waals surface area contributed by atoms with Crippen LogP contribution in [0.4, 0.5) is 0 Å². The summed E-state index contributed by atoms with van der Waals surface area (Å²) in [6.07, 6.45) is 4.21. The Bertz CT molecular complexity index is 171. The molecule has 0 unspecified atom stereocenters. The Hall–Kier alpha value is -0.120. The highest BCUT2D eigenvalue weighted by Gasteiger charge is 2.28. The summed E-state index contributed by atoms with van der Waals surface area (Å²) in [7, 11) is 1.71. The molecule has 2 atom stereocenters. The first kappa shape index (κ1) is 12.0. The van der Waals surface area contributed by atoms with Crippen molar-refractivity contribution in [3.8, 4) is 0 Å². The van der Waals surface area contributed by atoms with E-state index < -0.39 is 0 Å². The van der Waals surface area contributed by atoms with Crippen LogP contribution in [0, 0.1) is 0 Å². The summed E-state index contributed by atoms with van der Waals surface area (Å²) < 4.78 is 5.14. The summed E-state index contributed by atoms with van der Waals surface area (Å²) >= 11 is 0. The van der Waals surface area contributed by atoms with Crippen LogP contribution < -0.4 is 5.32 Å². The molecule has 0 bridgehead atoms. The SMILES string of the molecule is COCC(C)(C)N[C@H]1CCCC[C@@H]1O. The van der Waals surface area contributed by atoms with E-state index in [0.29, 0.717) is 6.61 Å². The number of aliphatic hydroxyl groups is 1. The number of hydrogen-bond donors (Lipinski definition) is 2. The fourth-order valence-corrected chi connectivity index (χ4v) is 2.18. The van der Waals surface area contributed by atoms with Crippen molar-refractivity contribution in [2.45, 2.75) is 57.2 Å². The van der Waals surface area contributed by atoms with Gasteiger partial charge in [0.1, 0.15) is 0 Å². The molecule has 1 aliphatic carbocycles. The van der Waals surface area contributed by atoms with Crippen LogP contribution in [-0.4, -0.2) is 36.5 Å². The maximum Gasteiger partial charge on any atom is 0.0693 e. The van der Waals surface area contributed by atoms with E-state index in [0.717, 1.165) is 19.3 Å². The second-order valence-electron chi connectivity index (χ2n) is 4.92. The van der Waals surface area contributed by atoms with Gasteiger partial charge in [0.25, 0.3) is 0 Å². The molecule has 3 heteroatoms. The highest BCUT2D eigenvalue weighted by atomic mass is 16.5. The molecule has 84 valence electrons. The Balaban J connectivity index is 2.40. The largest absolute Gasteiger partial charge is 0.392 e. The van der Waals surface area contributed by atoms with Gasteiger partial charge in [0, 0.05) is 18.7 Å². The van der Waals surface area contributed by atoms with Crippen LogP contribution in [0.3, 0.4) is 0 Å². The number of nitrogens with one attached hydrogen (secondary N) is 1. The van der Waals surface area contributed by atoms with Crippen molar-refractivity contribution in [2.75, 3.05) is 13.7 Å². The number of methoxy groups -OCH3 is 1. The molecule has 1 saturated carbocycles. The molecule has 0 saturated heterocycles. The Kier molecular flexibility index (Phi) is 4.35. The minimum Gasteiger partial charge on any atom is -0.392 e. The van der Waals surface area contributed by atoms with Crippen LogP contribution in [0.1, 0.15) is 39.5 Å². The number of ether oxygens (including phenoxy) is 1. The topological polar surface area (TPSA) is 41.5 Å². The summed E-state index contributed by atoms with van der Waals surface area (Å²) in [5.41, 5.74) is -0.0439. The second-order valence-corrected chi connectivity index (χ2v) is 4.92. The van der Waals surface area contributed by atoms with Crippen LogP contribution in [0.15, 0.2) is 0 Å². The number of hydrogen-bond acceptors (Lipinski definition) is 3. The third kappa shape index (κ3) is 3.56. The molecule has 0 aromatic carbocycles. The normalized spacial score (nSPS) is 29.1. The zero-order valence-corrected chi connectivity index (χ0v) is 9.55. The zero-order chi connectivity index (χ0) is 10.6. The van der Waals surface area contributed by atoms with Gasteiger partial charge in [-0.1, -0.05) is 12.8 Å². The summed E-state index contributed by atoms with van der Waals surface area (Å²) in [5.74, 6) is 0. The second kappa shape index (κ2) is 5.10. The van der Waals surface area contributed by atoms with E-state index in [4.69, 9.17) is 4.74 Å².